The monoisotopic (exact) mass is 358 g/mol. The molecule has 2 rings (SSSR count). The summed E-state index contributed by atoms with van der Waals surface area (Å²) >= 11 is 1.38. The molecule has 1 heterocycles. The molecule has 0 aliphatic carbocycles. The molecule has 0 spiro atoms. The van der Waals surface area contributed by atoms with Gasteiger partial charge in [-0.2, -0.15) is 0 Å². The third kappa shape index (κ3) is 5.46. The van der Waals surface area contributed by atoms with Crippen LogP contribution < -0.4 is 0 Å². The van der Waals surface area contributed by atoms with Gasteiger partial charge in [0.25, 0.3) is 0 Å². The third-order valence-corrected chi connectivity index (χ3v) is 4.66. The number of hydrogen-bond donors (Lipinski definition) is 1. The molecule has 1 N–H and O–H groups in total. The first-order valence-electron chi connectivity index (χ1n) is 8.53. The summed E-state index contributed by atoms with van der Waals surface area (Å²) in [6, 6.07) is 10.4. The van der Waals surface area contributed by atoms with Crippen LogP contribution in [0.15, 0.2) is 35.5 Å². The Balaban J connectivity index is 2.00. The van der Waals surface area contributed by atoms with E-state index in [0.29, 0.717) is 11.0 Å². The van der Waals surface area contributed by atoms with E-state index >= 15 is 0 Å². The molecular weight excluding hydrogens is 332 g/mol. The normalized spacial score (nSPS) is 12.9. The Morgan fingerprint density at radius 3 is 2.32 bits per heavy atom. The van der Waals surface area contributed by atoms with E-state index in [1.165, 1.54) is 11.8 Å². The Labute approximate surface area is 153 Å². The zero-order valence-corrected chi connectivity index (χ0v) is 16.2. The number of carbonyl (C=O) groups excluding carboxylic acids is 1. The summed E-state index contributed by atoms with van der Waals surface area (Å²) < 4.78 is 0. The maximum atomic E-state index is 12.7. The van der Waals surface area contributed by atoms with Crippen LogP contribution in [0.5, 0.6) is 0 Å². The minimum Gasteiger partial charge on any atom is -0.337 e. The Morgan fingerprint density at radius 2 is 1.72 bits per heavy atom. The van der Waals surface area contributed by atoms with Crippen LogP contribution >= 0.6 is 11.8 Å². The van der Waals surface area contributed by atoms with Crippen molar-refractivity contribution < 1.29 is 4.79 Å². The van der Waals surface area contributed by atoms with E-state index in [9.17, 15) is 4.79 Å². The molecule has 0 saturated carbocycles. The molecule has 1 atom stereocenters. The molecule has 1 aromatic carbocycles. The van der Waals surface area contributed by atoms with Gasteiger partial charge >= 0.3 is 0 Å². The van der Waals surface area contributed by atoms with Crippen molar-refractivity contribution in [3.8, 4) is 0 Å². The van der Waals surface area contributed by atoms with Crippen LogP contribution in [0, 0.1) is 0 Å². The van der Waals surface area contributed by atoms with Crippen LogP contribution in [0.4, 0.5) is 0 Å². The third-order valence-electron chi connectivity index (χ3n) is 3.71. The zero-order chi connectivity index (χ0) is 18.4. The fraction of sp³-hybridized carbons (Fsp3) is 0.421. The quantitative estimate of drug-likeness (QED) is 0.757. The molecule has 0 aliphatic heterocycles. The predicted octanol–water partition coefficient (Wildman–Crippen LogP) is 4.10. The fourth-order valence-electron chi connectivity index (χ4n) is 2.65. The van der Waals surface area contributed by atoms with Gasteiger partial charge in [-0.25, -0.2) is 4.98 Å². The number of benzene rings is 1. The van der Waals surface area contributed by atoms with Crippen LogP contribution in [0.3, 0.4) is 0 Å². The number of thioether (sulfide) groups is 1. The highest BCUT2D eigenvalue weighted by molar-refractivity contribution is 8.00. The lowest BCUT2D eigenvalue weighted by atomic mass is 10.2. The second-order valence-electron chi connectivity index (χ2n) is 6.44. The van der Waals surface area contributed by atoms with Crippen molar-refractivity contribution in [3.05, 3.63) is 41.7 Å². The summed E-state index contributed by atoms with van der Waals surface area (Å²) in [5, 5.41) is 7.46. The number of hydrogen-bond acceptors (Lipinski definition) is 4. The van der Waals surface area contributed by atoms with Gasteiger partial charge in [-0.15, -0.1) is 5.10 Å². The van der Waals surface area contributed by atoms with E-state index in [4.69, 9.17) is 0 Å². The first kappa shape index (κ1) is 19.2. The Bertz CT molecular complexity index is 701. The molecular formula is C19H26N4OS. The molecule has 5 nitrogen and oxygen atoms in total. The number of carbonyl (C=O) groups is 1. The first-order chi connectivity index (χ1) is 11.9. The zero-order valence-electron chi connectivity index (χ0n) is 15.4. The maximum Gasteiger partial charge on any atom is 0.236 e. The van der Waals surface area contributed by atoms with Crippen molar-refractivity contribution >= 4 is 29.8 Å². The summed E-state index contributed by atoms with van der Waals surface area (Å²) in [6.45, 7) is 10.0. The minimum atomic E-state index is -0.230. The molecule has 0 aliphatic rings. The number of amides is 1. The van der Waals surface area contributed by atoms with Crippen molar-refractivity contribution in [3.63, 3.8) is 0 Å². The highest BCUT2D eigenvalue weighted by atomic mass is 32.2. The SMILES string of the molecule is CC(Sc1n[nH]c(/C=C/c2ccccc2)n1)C(=O)N(C(C)C)C(C)C. The van der Waals surface area contributed by atoms with Crippen molar-refractivity contribution in [1.29, 1.82) is 0 Å². The number of H-pyrrole nitrogens is 1. The largest absolute Gasteiger partial charge is 0.337 e. The Morgan fingerprint density at radius 1 is 1.08 bits per heavy atom. The van der Waals surface area contributed by atoms with Crippen molar-refractivity contribution in [2.24, 2.45) is 0 Å². The van der Waals surface area contributed by atoms with Crippen LogP contribution in [-0.4, -0.2) is 43.3 Å². The summed E-state index contributed by atoms with van der Waals surface area (Å²) in [5.74, 6) is 0.789. The minimum absolute atomic E-state index is 0.112. The Kier molecular flexibility index (Phi) is 6.82. The topological polar surface area (TPSA) is 61.9 Å². The van der Waals surface area contributed by atoms with Gasteiger partial charge in [-0.3, -0.25) is 9.89 Å². The summed E-state index contributed by atoms with van der Waals surface area (Å²) in [5.41, 5.74) is 1.10. The van der Waals surface area contributed by atoms with Gasteiger partial charge in [0.05, 0.1) is 5.25 Å². The van der Waals surface area contributed by atoms with Gasteiger partial charge < -0.3 is 4.90 Å². The van der Waals surface area contributed by atoms with Crippen molar-refractivity contribution in [1.82, 2.24) is 20.1 Å². The van der Waals surface area contributed by atoms with Crippen LogP contribution in [0.2, 0.25) is 0 Å². The smallest absolute Gasteiger partial charge is 0.236 e. The van der Waals surface area contributed by atoms with E-state index < -0.39 is 0 Å². The summed E-state index contributed by atoms with van der Waals surface area (Å²) in [7, 11) is 0. The maximum absolute atomic E-state index is 12.7. The fourth-order valence-corrected chi connectivity index (χ4v) is 3.44. The molecule has 0 bridgehead atoms. The second kappa shape index (κ2) is 8.85. The molecule has 0 saturated heterocycles. The molecule has 1 aromatic heterocycles. The number of nitrogens with zero attached hydrogens (tertiary/aromatic N) is 3. The van der Waals surface area contributed by atoms with E-state index in [1.54, 1.807) is 0 Å². The van der Waals surface area contributed by atoms with E-state index in [0.717, 1.165) is 5.56 Å². The first-order valence-corrected chi connectivity index (χ1v) is 9.40. The lowest BCUT2D eigenvalue weighted by Gasteiger charge is -2.32. The highest BCUT2D eigenvalue weighted by Crippen LogP contribution is 2.23. The molecule has 1 unspecified atom stereocenters. The van der Waals surface area contributed by atoms with E-state index in [1.807, 2.05) is 82.0 Å². The van der Waals surface area contributed by atoms with E-state index in [2.05, 4.69) is 15.2 Å². The molecule has 134 valence electrons. The average Bonchev–Trinajstić information content (AvgIpc) is 3.00. The van der Waals surface area contributed by atoms with Gasteiger partial charge in [-0.05, 0) is 46.3 Å². The predicted molar refractivity (Wildman–Crippen MR) is 104 cm³/mol. The highest BCUT2D eigenvalue weighted by Gasteiger charge is 2.26. The number of aromatic nitrogens is 3. The summed E-state index contributed by atoms with van der Waals surface area (Å²) in [4.78, 5) is 19.0. The van der Waals surface area contributed by atoms with Gasteiger partial charge in [-0.1, -0.05) is 48.2 Å². The second-order valence-corrected chi connectivity index (χ2v) is 7.75. The van der Waals surface area contributed by atoms with Crippen LogP contribution in [0.1, 0.15) is 46.0 Å². The van der Waals surface area contributed by atoms with Crippen molar-refractivity contribution in [2.75, 3.05) is 0 Å². The van der Waals surface area contributed by atoms with Crippen LogP contribution in [-0.2, 0) is 4.79 Å². The number of aromatic amines is 1. The summed E-state index contributed by atoms with van der Waals surface area (Å²) in [6.07, 6.45) is 3.86. The average molecular weight is 359 g/mol. The van der Waals surface area contributed by atoms with Gasteiger partial charge in [0, 0.05) is 12.1 Å². The van der Waals surface area contributed by atoms with Gasteiger partial charge in [0.1, 0.15) is 5.82 Å². The number of nitrogens with one attached hydrogen (secondary N) is 1. The Hall–Kier alpha value is -2.08. The van der Waals surface area contributed by atoms with Crippen LogP contribution in [0.25, 0.3) is 12.2 Å². The lowest BCUT2D eigenvalue weighted by molar-refractivity contribution is -0.133. The molecule has 25 heavy (non-hydrogen) atoms. The standard InChI is InChI=1S/C19H26N4OS/c1-13(2)23(14(3)4)18(24)15(5)25-19-20-17(21-22-19)12-11-16-9-7-6-8-10-16/h6-15H,1-5H3,(H,20,21,22)/b12-11+. The lowest BCUT2D eigenvalue weighted by Crippen LogP contribution is -2.45. The van der Waals surface area contributed by atoms with Crippen molar-refractivity contribution in [2.45, 2.75) is 57.1 Å². The molecule has 0 radical (unpaired) electrons. The molecule has 2 aromatic rings. The van der Waals surface area contributed by atoms with Gasteiger partial charge in [0.15, 0.2) is 0 Å². The van der Waals surface area contributed by atoms with Gasteiger partial charge in [0.2, 0.25) is 11.1 Å². The number of rotatable bonds is 7. The molecule has 6 heteroatoms. The van der Waals surface area contributed by atoms with E-state index in [-0.39, 0.29) is 23.2 Å². The molecule has 0 fully saturated rings. The molecule has 1 amide bonds.